The summed E-state index contributed by atoms with van der Waals surface area (Å²) in [5.41, 5.74) is 2.46. The molecule has 0 fully saturated rings. The number of hydrogen-bond donors (Lipinski definition) is 1. The van der Waals surface area contributed by atoms with E-state index in [9.17, 15) is 4.79 Å². The molecule has 2 aromatic heterocycles. The van der Waals surface area contributed by atoms with Gasteiger partial charge < -0.3 is 9.73 Å². The van der Waals surface area contributed by atoms with Gasteiger partial charge in [-0.3, -0.25) is 9.78 Å². The highest BCUT2D eigenvalue weighted by Crippen LogP contribution is 2.20. The van der Waals surface area contributed by atoms with Crippen molar-refractivity contribution in [2.24, 2.45) is 0 Å². The van der Waals surface area contributed by atoms with Gasteiger partial charge in [0.1, 0.15) is 5.76 Å². The molecule has 0 aliphatic heterocycles. The van der Waals surface area contributed by atoms with E-state index in [1.165, 1.54) is 0 Å². The molecule has 0 aliphatic carbocycles. The number of aromatic nitrogens is 1. The van der Waals surface area contributed by atoms with Gasteiger partial charge in [-0.1, -0.05) is 30.3 Å². The van der Waals surface area contributed by atoms with E-state index in [1.807, 2.05) is 60.7 Å². The van der Waals surface area contributed by atoms with Gasteiger partial charge in [0.2, 0.25) is 0 Å². The third kappa shape index (κ3) is 3.28. The van der Waals surface area contributed by atoms with Crippen LogP contribution in [0.1, 0.15) is 15.9 Å². The molecular weight excluding hydrogens is 312 g/mol. The van der Waals surface area contributed by atoms with Crippen LogP contribution >= 0.6 is 0 Å². The van der Waals surface area contributed by atoms with Crippen molar-refractivity contribution in [1.29, 1.82) is 0 Å². The van der Waals surface area contributed by atoms with Crippen LogP contribution < -0.4 is 5.32 Å². The number of nitrogens with zero attached hydrogens (tertiary/aromatic N) is 1. The highest BCUT2D eigenvalue weighted by atomic mass is 16.3. The summed E-state index contributed by atoms with van der Waals surface area (Å²) in [6, 6.07) is 19.4. The van der Waals surface area contributed by atoms with Crippen molar-refractivity contribution in [3.8, 4) is 11.3 Å². The molecule has 25 heavy (non-hydrogen) atoms. The fourth-order valence-electron chi connectivity index (χ4n) is 2.78. The van der Waals surface area contributed by atoms with E-state index < -0.39 is 0 Å². The molecule has 4 heteroatoms. The van der Waals surface area contributed by atoms with Gasteiger partial charge in [0, 0.05) is 30.1 Å². The first-order chi connectivity index (χ1) is 12.3. The standard InChI is InChI=1S/C21H16N2O2/c24-21(18-8-7-16-4-1-2-5-17(16)11-18)23-13-15-10-19(14-22-12-15)20-6-3-9-25-20/h1-12,14H,13H2,(H,23,24). The van der Waals surface area contributed by atoms with Crippen LogP contribution in [-0.4, -0.2) is 10.9 Å². The molecule has 0 saturated heterocycles. The molecule has 0 radical (unpaired) electrons. The quantitative estimate of drug-likeness (QED) is 0.603. The van der Waals surface area contributed by atoms with Crippen LogP contribution in [0.2, 0.25) is 0 Å². The topological polar surface area (TPSA) is 55.1 Å². The first-order valence-electron chi connectivity index (χ1n) is 8.04. The lowest BCUT2D eigenvalue weighted by molar-refractivity contribution is 0.0951. The number of benzene rings is 2. The first-order valence-corrected chi connectivity index (χ1v) is 8.04. The van der Waals surface area contributed by atoms with Gasteiger partial charge in [0.15, 0.2) is 0 Å². The lowest BCUT2D eigenvalue weighted by Crippen LogP contribution is -2.22. The van der Waals surface area contributed by atoms with Crippen LogP contribution in [0.3, 0.4) is 0 Å². The molecular formula is C21H16N2O2. The Morgan fingerprint density at radius 1 is 0.960 bits per heavy atom. The Bertz CT molecular complexity index is 1020. The van der Waals surface area contributed by atoms with Gasteiger partial charge in [-0.2, -0.15) is 0 Å². The number of hydrogen-bond acceptors (Lipinski definition) is 3. The Morgan fingerprint density at radius 3 is 2.68 bits per heavy atom. The Kier molecular flexibility index (Phi) is 4.01. The molecule has 0 spiro atoms. The summed E-state index contributed by atoms with van der Waals surface area (Å²) in [4.78, 5) is 16.6. The summed E-state index contributed by atoms with van der Waals surface area (Å²) >= 11 is 0. The van der Waals surface area contributed by atoms with Crippen LogP contribution in [0.4, 0.5) is 0 Å². The van der Waals surface area contributed by atoms with Crippen molar-refractivity contribution in [3.05, 3.63) is 90.4 Å². The number of furan rings is 1. The second-order valence-corrected chi connectivity index (χ2v) is 5.80. The van der Waals surface area contributed by atoms with E-state index in [2.05, 4.69) is 10.3 Å². The molecule has 2 heterocycles. The predicted octanol–water partition coefficient (Wildman–Crippen LogP) is 4.42. The summed E-state index contributed by atoms with van der Waals surface area (Å²) in [6.45, 7) is 0.410. The van der Waals surface area contributed by atoms with Crippen LogP contribution in [0.15, 0.2) is 83.7 Å². The minimum Gasteiger partial charge on any atom is -0.464 e. The zero-order chi connectivity index (χ0) is 17.1. The van der Waals surface area contributed by atoms with Crippen molar-refractivity contribution in [1.82, 2.24) is 10.3 Å². The third-order valence-electron chi connectivity index (χ3n) is 4.07. The van der Waals surface area contributed by atoms with Crippen LogP contribution in [0.5, 0.6) is 0 Å². The van der Waals surface area contributed by atoms with Crippen molar-refractivity contribution in [2.75, 3.05) is 0 Å². The minimum absolute atomic E-state index is 0.103. The van der Waals surface area contributed by atoms with Gasteiger partial charge in [-0.25, -0.2) is 0 Å². The number of fused-ring (bicyclic) bond motifs is 1. The van der Waals surface area contributed by atoms with Crippen LogP contribution in [0.25, 0.3) is 22.1 Å². The van der Waals surface area contributed by atoms with Crippen molar-refractivity contribution < 1.29 is 9.21 Å². The van der Waals surface area contributed by atoms with Gasteiger partial charge in [0.25, 0.3) is 5.91 Å². The van der Waals surface area contributed by atoms with Crippen LogP contribution in [0, 0.1) is 0 Å². The number of rotatable bonds is 4. The summed E-state index contributed by atoms with van der Waals surface area (Å²) in [5.74, 6) is 0.657. The maximum absolute atomic E-state index is 12.4. The SMILES string of the molecule is O=C(NCc1cncc(-c2ccco2)c1)c1ccc2ccccc2c1. The van der Waals surface area contributed by atoms with Crippen molar-refractivity contribution in [2.45, 2.75) is 6.54 Å². The second kappa shape index (κ2) is 6.61. The Morgan fingerprint density at radius 2 is 1.84 bits per heavy atom. The monoisotopic (exact) mass is 328 g/mol. The predicted molar refractivity (Wildman–Crippen MR) is 97.1 cm³/mol. The molecule has 0 aliphatic rings. The molecule has 0 unspecified atom stereocenters. The Hall–Kier alpha value is -3.40. The van der Waals surface area contributed by atoms with Gasteiger partial charge in [0.05, 0.1) is 6.26 Å². The molecule has 0 saturated carbocycles. The van der Waals surface area contributed by atoms with Gasteiger partial charge >= 0.3 is 0 Å². The van der Waals surface area contributed by atoms with E-state index in [4.69, 9.17) is 4.42 Å². The fraction of sp³-hybridized carbons (Fsp3) is 0.0476. The van der Waals surface area contributed by atoms with Crippen molar-refractivity contribution >= 4 is 16.7 Å². The second-order valence-electron chi connectivity index (χ2n) is 5.80. The fourth-order valence-corrected chi connectivity index (χ4v) is 2.78. The minimum atomic E-state index is -0.103. The Balaban J connectivity index is 1.48. The highest BCUT2D eigenvalue weighted by Gasteiger charge is 2.07. The maximum Gasteiger partial charge on any atom is 0.251 e. The molecule has 1 N–H and O–H groups in total. The third-order valence-corrected chi connectivity index (χ3v) is 4.07. The molecule has 0 bridgehead atoms. The lowest BCUT2D eigenvalue weighted by Gasteiger charge is -2.07. The summed E-state index contributed by atoms with van der Waals surface area (Å²) in [6.07, 6.45) is 5.12. The van der Waals surface area contributed by atoms with Gasteiger partial charge in [-0.05, 0) is 46.7 Å². The van der Waals surface area contributed by atoms with E-state index in [1.54, 1.807) is 18.7 Å². The summed E-state index contributed by atoms with van der Waals surface area (Å²) in [7, 11) is 0. The number of pyridine rings is 1. The number of carbonyl (C=O) groups is 1. The maximum atomic E-state index is 12.4. The molecule has 4 rings (SSSR count). The normalized spacial score (nSPS) is 10.7. The number of amides is 1. The average molecular weight is 328 g/mol. The average Bonchev–Trinajstić information content (AvgIpc) is 3.21. The zero-order valence-electron chi connectivity index (χ0n) is 13.5. The van der Waals surface area contributed by atoms with E-state index in [-0.39, 0.29) is 5.91 Å². The highest BCUT2D eigenvalue weighted by molar-refractivity contribution is 5.98. The lowest BCUT2D eigenvalue weighted by atomic mass is 10.1. The van der Waals surface area contributed by atoms with Gasteiger partial charge in [-0.15, -0.1) is 0 Å². The van der Waals surface area contributed by atoms with E-state index >= 15 is 0 Å². The number of nitrogens with one attached hydrogen (secondary N) is 1. The van der Waals surface area contributed by atoms with E-state index in [0.717, 1.165) is 27.7 Å². The summed E-state index contributed by atoms with van der Waals surface area (Å²) in [5, 5.41) is 5.12. The molecule has 0 atom stereocenters. The van der Waals surface area contributed by atoms with Crippen molar-refractivity contribution in [3.63, 3.8) is 0 Å². The summed E-state index contributed by atoms with van der Waals surface area (Å²) < 4.78 is 5.38. The van der Waals surface area contributed by atoms with Crippen LogP contribution in [-0.2, 0) is 6.54 Å². The first kappa shape index (κ1) is 15.1. The Labute approximate surface area is 145 Å². The molecule has 1 amide bonds. The number of carbonyl (C=O) groups excluding carboxylic acids is 1. The molecule has 4 nitrogen and oxygen atoms in total. The molecule has 2 aromatic carbocycles. The zero-order valence-corrected chi connectivity index (χ0v) is 13.5. The molecule has 4 aromatic rings. The molecule has 122 valence electrons. The largest absolute Gasteiger partial charge is 0.464 e. The van der Waals surface area contributed by atoms with E-state index in [0.29, 0.717) is 12.1 Å². The smallest absolute Gasteiger partial charge is 0.251 e.